The molecule has 1 aliphatic heterocycles. The van der Waals surface area contributed by atoms with E-state index in [9.17, 15) is 19.2 Å². The number of hydrogen-bond donors (Lipinski definition) is 0. The third kappa shape index (κ3) is 3.47. The van der Waals surface area contributed by atoms with E-state index in [1.807, 2.05) is 0 Å². The number of carbonyl (C=O) groups excluding carboxylic acids is 4. The Balaban J connectivity index is 1.81. The summed E-state index contributed by atoms with van der Waals surface area (Å²) in [6, 6.07) is 7.78. The van der Waals surface area contributed by atoms with Crippen molar-refractivity contribution in [2.75, 3.05) is 6.61 Å². The fourth-order valence-corrected chi connectivity index (χ4v) is 3.52. The van der Waals surface area contributed by atoms with Gasteiger partial charge in [0.2, 0.25) is 5.91 Å². The summed E-state index contributed by atoms with van der Waals surface area (Å²) in [7, 11) is 0. The summed E-state index contributed by atoms with van der Waals surface area (Å²) in [6.45, 7) is 1.72. The van der Waals surface area contributed by atoms with E-state index in [1.165, 1.54) is 4.90 Å². The molecular weight excluding hydrogens is 338 g/mol. The average molecular weight is 359 g/mol. The van der Waals surface area contributed by atoms with Crippen LogP contribution in [-0.2, 0) is 23.9 Å². The summed E-state index contributed by atoms with van der Waals surface area (Å²) >= 11 is 0. The molecule has 26 heavy (non-hydrogen) atoms. The van der Waals surface area contributed by atoms with Crippen LogP contribution in [0, 0.1) is 5.92 Å². The summed E-state index contributed by atoms with van der Waals surface area (Å²) in [5, 5.41) is 0. The van der Waals surface area contributed by atoms with Gasteiger partial charge >= 0.3 is 11.9 Å². The van der Waals surface area contributed by atoms with Crippen LogP contribution in [0.5, 0.6) is 0 Å². The first kappa shape index (κ1) is 18.1. The fourth-order valence-electron chi connectivity index (χ4n) is 3.52. The first-order valence-electron chi connectivity index (χ1n) is 8.79. The van der Waals surface area contributed by atoms with Gasteiger partial charge in [0.1, 0.15) is 5.78 Å². The highest BCUT2D eigenvalue weighted by Gasteiger charge is 2.51. The molecule has 3 rings (SSSR count). The zero-order chi connectivity index (χ0) is 18.7. The number of hydrogen-bond acceptors (Lipinski definition) is 6. The van der Waals surface area contributed by atoms with Crippen molar-refractivity contribution in [3.63, 3.8) is 0 Å². The quantitative estimate of drug-likeness (QED) is 0.567. The fraction of sp³-hybridized carbons (Fsp3) is 0.474. The molecular formula is C19H21NO6. The van der Waals surface area contributed by atoms with Crippen molar-refractivity contribution in [1.29, 1.82) is 0 Å². The Labute approximate surface area is 151 Å². The normalized spacial score (nSPS) is 23.3. The van der Waals surface area contributed by atoms with Gasteiger partial charge in [0.25, 0.3) is 6.23 Å². The number of nitrogens with zero attached hydrogens (tertiary/aromatic N) is 1. The highest BCUT2D eigenvalue weighted by Crippen LogP contribution is 2.36. The van der Waals surface area contributed by atoms with Crippen molar-refractivity contribution < 1.29 is 28.7 Å². The lowest BCUT2D eigenvalue weighted by Crippen LogP contribution is -2.64. The Hall–Kier alpha value is -2.70. The topological polar surface area (TPSA) is 90.0 Å². The van der Waals surface area contributed by atoms with E-state index in [0.29, 0.717) is 12.8 Å². The lowest BCUT2D eigenvalue weighted by atomic mass is 9.86. The molecule has 3 unspecified atom stereocenters. The number of β-lactam (4-membered cyclic amide) rings is 1. The Morgan fingerprint density at radius 3 is 2.54 bits per heavy atom. The van der Waals surface area contributed by atoms with Crippen LogP contribution in [0.1, 0.15) is 43.0 Å². The maximum atomic E-state index is 12.4. The number of carbonyl (C=O) groups is 4. The number of ketones is 1. The van der Waals surface area contributed by atoms with Crippen LogP contribution >= 0.6 is 0 Å². The largest absolute Gasteiger partial charge is 0.462 e. The van der Waals surface area contributed by atoms with E-state index in [0.717, 1.165) is 6.42 Å². The summed E-state index contributed by atoms with van der Waals surface area (Å²) in [5.41, 5.74) is 0.267. The molecule has 1 saturated heterocycles. The number of likely N-dealkylation sites (tertiary alicyclic amines) is 1. The highest BCUT2D eigenvalue weighted by atomic mass is 16.6. The van der Waals surface area contributed by atoms with Crippen LogP contribution in [0.2, 0.25) is 0 Å². The second-order valence-electron chi connectivity index (χ2n) is 6.41. The van der Waals surface area contributed by atoms with E-state index < -0.39 is 24.2 Å². The van der Waals surface area contributed by atoms with Crippen molar-refractivity contribution >= 4 is 23.6 Å². The third-order valence-electron chi connectivity index (χ3n) is 4.81. The minimum absolute atomic E-state index is 0.0875. The van der Waals surface area contributed by atoms with E-state index in [-0.39, 0.29) is 36.2 Å². The predicted octanol–water partition coefficient (Wildman–Crippen LogP) is 1.70. The number of rotatable bonds is 6. The smallest absolute Gasteiger partial charge is 0.369 e. The Morgan fingerprint density at radius 1 is 1.23 bits per heavy atom. The molecule has 1 saturated carbocycles. The Kier molecular flexibility index (Phi) is 5.35. The summed E-state index contributed by atoms with van der Waals surface area (Å²) in [6.07, 6.45) is 0.639. The van der Waals surface area contributed by atoms with Crippen LogP contribution in [0.3, 0.4) is 0 Å². The molecule has 7 heteroatoms. The van der Waals surface area contributed by atoms with E-state index in [2.05, 4.69) is 0 Å². The van der Waals surface area contributed by atoms with Crippen molar-refractivity contribution in [1.82, 2.24) is 4.90 Å². The van der Waals surface area contributed by atoms with Crippen molar-refractivity contribution in [2.24, 2.45) is 5.92 Å². The molecule has 2 aliphatic rings. The summed E-state index contributed by atoms with van der Waals surface area (Å²) in [5.74, 6) is -2.07. The molecule has 7 nitrogen and oxygen atoms in total. The van der Waals surface area contributed by atoms with Gasteiger partial charge in [0.15, 0.2) is 0 Å². The summed E-state index contributed by atoms with van der Waals surface area (Å²) < 4.78 is 10.3. The number of benzene rings is 1. The monoisotopic (exact) mass is 359 g/mol. The van der Waals surface area contributed by atoms with E-state index >= 15 is 0 Å². The molecule has 138 valence electrons. The lowest BCUT2D eigenvalue weighted by molar-refractivity contribution is -0.186. The van der Waals surface area contributed by atoms with Gasteiger partial charge in [0, 0.05) is 18.8 Å². The molecule has 1 heterocycles. The molecule has 1 aromatic carbocycles. The first-order chi connectivity index (χ1) is 12.5. The first-order valence-corrected chi connectivity index (χ1v) is 8.79. The van der Waals surface area contributed by atoms with Gasteiger partial charge in [-0.1, -0.05) is 18.2 Å². The molecule has 3 atom stereocenters. The Bertz CT molecular complexity index is 716. The van der Waals surface area contributed by atoms with Crippen LogP contribution in [-0.4, -0.2) is 47.4 Å². The van der Waals surface area contributed by atoms with Crippen LogP contribution < -0.4 is 0 Å². The molecule has 1 amide bonds. The molecule has 1 aliphatic carbocycles. The standard InChI is InChI=1S/C19H21NO6/c1-2-25-19(24)17(26-18(23)12-7-4-3-5-8-12)20-14(11-16(20)22)13-9-6-10-15(13)21/h3-5,7-8,13-14,17H,2,6,9-11H2,1H3. The molecule has 2 fully saturated rings. The van der Waals surface area contributed by atoms with Crippen molar-refractivity contribution in [3.05, 3.63) is 35.9 Å². The molecule has 0 N–H and O–H groups in total. The SMILES string of the molecule is CCOC(=O)C(OC(=O)c1ccccc1)N1C(=O)CC1C1CCCC1=O. The number of ether oxygens (including phenoxy) is 2. The van der Waals surface area contributed by atoms with Crippen molar-refractivity contribution in [2.45, 2.75) is 44.9 Å². The van der Waals surface area contributed by atoms with Crippen molar-refractivity contribution in [3.8, 4) is 0 Å². The van der Waals surface area contributed by atoms with Gasteiger partial charge in [0.05, 0.1) is 18.2 Å². The predicted molar refractivity (Wildman–Crippen MR) is 89.9 cm³/mol. The van der Waals surface area contributed by atoms with Gasteiger partial charge in [-0.05, 0) is 31.9 Å². The number of Topliss-reactive ketones (excluding diaryl/α,β-unsaturated/α-hetero) is 1. The molecule has 0 spiro atoms. The maximum absolute atomic E-state index is 12.4. The summed E-state index contributed by atoms with van der Waals surface area (Å²) in [4.78, 5) is 50.2. The second-order valence-corrected chi connectivity index (χ2v) is 6.41. The zero-order valence-corrected chi connectivity index (χ0v) is 14.6. The molecule has 1 aromatic rings. The van der Waals surface area contributed by atoms with Gasteiger partial charge in [-0.15, -0.1) is 0 Å². The molecule has 0 radical (unpaired) electrons. The third-order valence-corrected chi connectivity index (χ3v) is 4.81. The van der Waals surface area contributed by atoms with Crippen LogP contribution in [0.4, 0.5) is 0 Å². The van der Waals surface area contributed by atoms with Crippen LogP contribution in [0.25, 0.3) is 0 Å². The van der Waals surface area contributed by atoms with E-state index in [1.54, 1.807) is 37.3 Å². The average Bonchev–Trinajstić information content (AvgIpc) is 3.05. The van der Waals surface area contributed by atoms with Gasteiger partial charge in [-0.25, -0.2) is 9.59 Å². The molecule has 0 aromatic heterocycles. The Morgan fingerprint density at radius 2 is 1.96 bits per heavy atom. The molecule has 0 bridgehead atoms. The van der Waals surface area contributed by atoms with Gasteiger partial charge in [-0.2, -0.15) is 0 Å². The number of esters is 2. The van der Waals surface area contributed by atoms with Gasteiger partial charge < -0.3 is 9.47 Å². The minimum atomic E-state index is -1.47. The van der Waals surface area contributed by atoms with Crippen LogP contribution in [0.15, 0.2) is 30.3 Å². The second kappa shape index (κ2) is 7.68. The maximum Gasteiger partial charge on any atom is 0.369 e. The van der Waals surface area contributed by atoms with E-state index in [4.69, 9.17) is 9.47 Å². The number of amides is 1. The zero-order valence-electron chi connectivity index (χ0n) is 14.6. The lowest BCUT2D eigenvalue weighted by Gasteiger charge is -2.45. The minimum Gasteiger partial charge on any atom is -0.462 e. The van der Waals surface area contributed by atoms with Gasteiger partial charge in [-0.3, -0.25) is 14.5 Å². The highest BCUT2D eigenvalue weighted by molar-refractivity contribution is 5.95.